The molecular weight excluding hydrogens is 162 g/mol. The van der Waals surface area contributed by atoms with Crippen LogP contribution in [0.15, 0.2) is 0 Å². The van der Waals surface area contributed by atoms with Gasteiger partial charge in [0.1, 0.15) is 0 Å². The highest BCUT2D eigenvalue weighted by Gasteiger charge is 2.25. The molecule has 0 heterocycles. The van der Waals surface area contributed by atoms with Crippen molar-refractivity contribution >= 4 is 0 Å². The first-order chi connectivity index (χ1) is 6.10. The summed E-state index contributed by atoms with van der Waals surface area (Å²) in [5, 5.41) is 12.8. The lowest BCUT2D eigenvalue weighted by molar-refractivity contribution is 0.142. The van der Waals surface area contributed by atoms with Crippen molar-refractivity contribution < 1.29 is 5.11 Å². The monoisotopic (exact) mass is 187 g/mol. The third kappa shape index (κ3) is 4.63. The minimum atomic E-state index is -0.0287. The van der Waals surface area contributed by atoms with Crippen molar-refractivity contribution in [3.05, 3.63) is 0 Å². The summed E-state index contributed by atoms with van der Waals surface area (Å²) in [6.07, 6.45) is 3.19. The van der Waals surface area contributed by atoms with Gasteiger partial charge in [0.15, 0.2) is 0 Å². The van der Waals surface area contributed by atoms with Crippen LogP contribution >= 0.6 is 0 Å². The van der Waals surface area contributed by atoms with E-state index in [1.807, 2.05) is 0 Å². The Morgan fingerprint density at radius 1 is 1.31 bits per heavy atom. The number of nitrogens with one attached hydrogen (secondary N) is 1. The van der Waals surface area contributed by atoms with Gasteiger partial charge in [-0.25, -0.2) is 0 Å². The summed E-state index contributed by atoms with van der Waals surface area (Å²) in [6, 6.07) is 0. The molecule has 1 atom stereocenters. The number of aliphatic hydroxyl groups excluding tert-OH is 1. The Labute approximate surface area is 82.7 Å². The quantitative estimate of drug-likeness (QED) is 0.640. The molecule has 13 heavy (non-hydrogen) atoms. The average Bonchev–Trinajstić information content (AvgIpc) is 2.12. The maximum Gasteiger partial charge on any atom is 0.0613 e. The molecule has 0 saturated carbocycles. The van der Waals surface area contributed by atoms with Gasteiger partial charge < -0.3 is 10.4 Å². The van der Waals surface area contributed by atoms with Crippen LogP contribution in [0, 0.1) is 5.92 Å². The Balaban J connectivity index is 4.04. The van der Waals surface area contributed by atoms with Crippen LogP contribution in [0.1, 0.15) is 47.0 Å². The van der Waals surface area contributed by atoms with Gasteiger partial charge in [-0.05, 0) is 25.3 Å². The molecule has 0 aromatic heterocycles. The lowest BCUT2D eigenvalue weighted by Gasteiger charge is -2.32. The maximum absolute atomic E-state index is 9.36. The van der Waals surface area contributed by atoms with Crippen LogP contribution in [-0.4, -0.2) is 23.8 Å². The third-order valence-electron chi connectivity index (χ3n) is 2.59. The van der Waals surface area contributed by atoms with Crippen molar-refractivity contribution in [2.45, 2.75) is 52.5 Å². The lowest BCUT2D eigenvalue weighted by Crippen LogP contribution is -2.49. The molecule has 80 valence electrons. The first-order valence-electron chi connectivity index (χ1n) is 5.46. The van der Waals surface area contributed by atoms with Gasteiger partial charge in [0, 0.05) is 5.54 Å². The molecule has 0 radical (unpaired) electrons. The van der Waals surface area contributed by atoms with Crippen LogP contribution in [0.5, 0.6) is 0 Å². The largest absolute Gasteiger partial charge is 0.394 e. The highest BCUT2D eigenvalue weighted by atomic mass is 16.3. The molecular formula is C11H25NO. The van der Waals surface area contributed by atoms with Crippen LogP contribution in [0.2, 0.25) is 0 Å². The molecule has 2 nitrogen and oxygen atoms in total. The number of aliphatic hydroxyl groups is 1. The summed E-state index contributed by atoms with van der Waals surface area (Å²) >= 11 is 0. The molecule has 2 N–H and O–H groups in total. The van der Waals surface area contributed by atoms with Gasteiger partial charge in [-0.15, -0.1) is 0 Å². The van der Waals surface area contributed by atoms with E-state index in [1.165, 1.54) is 0 Å². The highest BCUT2D eigenvalue weighted by molar-refractivity contribution is 4.85. The summed E-state index contributed by atoms with van der Waals surface area (Å²) in [6.45, 7) is 9.93. The molecule has 0 aliphatic rings. The van der Waals surface area contributed by atoms with E-state index in [0.29, 0.717) is 5.92 Å². The van der Waals surface area contributed by atoms with Crippen LogP contribution in [0.25, 0.3) is 0 Å². The van der Waals surface area contributed by atoms with Crippen molar-refractivity contribution in [1.82, 2.24) is 5.32 Å². The maximum atomic E-state index is 9.36. The molecule has 1 unspecified atom stereocenters. The van der Waals surface area contributed by atoms with Crippen molar-refractivity contribution in [2.24, 2.45) is 5.92 Å². The van der Waals surface area contributed by atoms with Crippen LogP contribution in [-0.2, 0) is 0 Å². The minimum absolute atomic E-state index is 0.0287. The number of hydrogen-bond acceptors (Lipinski definition) is 2. The van der Waals surface area contributed by atoms with Crippen molar-refractivity contribution in [3.63, 3.8) is 0 Å². The van der Waals surface area contributed by atoms with Gasteiger partial charge >= 0.3 is 0 Å². The fourth-order valence-corrected chi connectivity index (χ4v) is 1.54. The van der Waals surface area contributed by atoms with Gasteiger partial charge in [0.05, 0.1) is 6.61 Å². The second-order valence-corrected chi connectivity index (χ2v) is 4.32. The number of hydrogen-bond donors (Lipinski definition) is 2. The molecule has 0 aromatic rings. The van der Waals surface area contributed by atoms with E-state index in [2.05, 4.69) is 33.0 Å². The molecule has 0 bridgehead atoms. The number of rotatable bonds is 7. The normalized spacial score (nSPS) is 16.2. The van der Waals surface area contributed by atoms with E-state index in [0.717, 1.165) is 25.8 Å². The topological polar surface area (TPSA) is 32.3 Å². The van der Waals surface area contributed by atoms with Gasteiger partial charge in [-0.1, -0.05) is 34.1 Å². The predicted octanol–water partition coefficient (Wildman–Crippen LogP) is 2.17. The zero-order valence-corrected chi connectivity index (χ0v) is 9.56. The van der Waals surface area contributed by atoms with Crippen molar-refractivity contribution in [1.29, 1.82) is 0 Å². The Kier molecular flexibility index (Phi) is 6.35. The summed E-state index contributed by atoms with van der Waals surface area (Å²) < 4.78 is 0. The van der Waals surface area contributed by atoms with Gasteiger partial charge in [0.25, 0.3) is 0 Å². The van der Waals surface area contributed by atoms with Crippen LogP contribution in [0.3, 0.4) is 0 Å². The van der Waals surface area contributed by atoms with E-state index in [9.17, 15) is 5.11 Å². The molecule has 0 aliphatic carbocycles. The standard InChI is InChI=1S/C11H25NO/c1-5-7-11(6-2,9-13)12-8-10(3)4/h10,12-13H,5-9H2,1-4H3. The summed E-state index contributed by atoms with van der Waals surface area (Å²) in [5.74, 6) is 0.648. The minimum Gasteiger partial charge on any atom is -0.394 e. The van der Waals surface area contributed by atoms with Crippen molar-refractivity contribution in [2.75, 3.05) is 13.2 Å². The van der Waals surface area contributed by atoms with E-state index >= 15 is 0 Å². The van der Waals surface area contributed by atoms with Crippen LogP contribution < -0.4 is 5.32 Å². The Bertz CT molecular complexity index is 119. The zero-order chi connectivity index (χ0) is 10.3. The van der Waals surface area contributed by atoms with Gasteiger partial charge in [-0.2, -0.15) is 0 Å². The Hall–Kier alpha value is -0.0800. The molecule has 0 aliphatic heterocycles. The van der Waals surface area contributed by atoms with Gasteiger partial charge in [-0.3, -0.25) is 0 Å². The first kappa shape index (κ1) is 12.9. The van der Waals surface area contributed by atoms with E-state index in [-0.39, 0.29) is 12.1 Å². The molecule has 0 saturated heterocycles. The summed E-state index contributed by atoms with van der Waals surface area (Å²) in [7, 11) is 0. The third-order valence-corrected chi connectivity index (χ3v) is 2.59. The first-order valence-corrected chi connectivity index (χ1v) is 5.46. The molecule has 0 amide bonds. The molecule has 0 spiro atoms. The van der Waals surface area contributed by atoms with Crippen molar-refractivity contribution in [3.8, 4) is 0 Å². The Morgan fingerprint density at radius 2 is 1.92 bits per heavy atom. The Morgan fingerprint density at radius 3 is 2.23 bits per heavy atom. The second kappa shape index (κ2) is 6.39. The predicted molar refractivity (Wildman–Crippen MR) is 57.9 cm³/mol. The summed E-state index contributed by atoms with van der Waals surface area (Å²) in [4.78, 5) is 0. The van der Waals surface area contributed by atoms with Gasteiger partial charge in [0.2, 0.25) is 0 Å². The highest BCUT2D eigenvalue weighted by Crippen LogP contribution is 2.16. The summed E-state index contributed by atoms with van der Waals surface area (Å²) in [5.41, 5.74) is -0.0287. The van der Waals surface area contributed by atoms with E-state index < -0.39 is 0 Å². The molecule has 0 aromatic carbocycles. The fourth-order valence-electron chi connectivity index (χ4n) is 1.54. The van der Waals surface area contributed by atoms with E-state index in [1.54, 1.807) is 0 Å². The molecule has 0 rings (SSSR count). The van der Waals surface area contributed by atoms with E-state index in [4.69, 9.17) is 0 Å². The smallest absolute Gasteiger partial charge is 0.0613 e. The SMILES string of the molecule is CCCC(CC)(CO)NCC(C)C. The zero-order valence-electron chi connectivity index (χ0n) is 9.56. The molecule has 2 heteroatoms. The fraction of sp³-hybridized carbons (Fsp3) is 1.00. The average molecular weight is 187 g/mol. The lowest BCUT2D eigenvalue weighted by atomic mass is 9.91. The second-order valence-electron chi connectivity index (χ2n) is 4.32. The molecule has 0 fully saturated rings. The van der Waals surface area contributed by atoms with Crippen LogP contribution in [0.4, 0.5) is 0 Å².